The Morgan fingerprint density at radius 1 is 1.17 bits per heavy atom. The molecule has 1 aromatic carbocycles. The van der Waals surface area contributed by atoms with Crippen LogP contribution < -0.4 is 10.1 Å². The molecule has 2 heterocycles. The molecule has 2 aromatic rings. The fraction of sp³-hybridized carbons (Fsp3) is 0.375. The maximum Gasteiger partial charge on any atom is 0.573 e. The van der Waals surface area contributed by atoms with Gasteiger partial charge in [0.15, 0.2) is 0 Å². The molecule has 0 unspecified atom stereocenters. The van der Waals surface area contributed by atoms with E-state index in [4.69, 9.17) is 4.42 Å². The molecule has 24 heavy (non-hydrogen) atoms. The van der Waals surface area contributed by atoms with E-state index in [1.54, 1.807) is 12.1 Å². The van der Waals surface area contributed by atoms with E-state index in [0.29, 0.717) is 31.9 Å². The van der Waals surface area contributed by atoms with Gasteiger partial charge in [-0.15, -0.1) is 13.2 Å². The van der Waals surface area contributed by atoms with Gasteiger partial charge in [0.1, 0.15) is 17.3 Å². The smallest absolute Gasteiger partial charge is 0.467 e. The van der Waals surface area contributed by atoms with Crippen molar-refractivity contribution in [2.75, 3.05) is 26.2 Å². The van der Waals surface area contributed by atoms with Gasteiger partial charge in [-0.05, 0) is 30.3 Å². The van der Waals surface area contributed by atoms with E-state index in [0.717, 1.165) is 18.2 Å². The summed E-state index contributed by atoms with van der Waals surface area (Å²) in [5.74, 6) is -0.588. The minimum atomic E-state index is -4.83. The fourth-order valence-electron chi connectivity index (χ4n) is 2.85. The van der Waals surface area contributed by atoms with Gasteiger partial charge in [0, 0.05) is 31.7 Å². The molecule has 1 atom stereocenters. The van der Waals surface area contributed by atoms with Crippen LogP contribution in [0.25, 0.3) is 0 Å². The Kier molecular flexibility index (Phi) is 4.77. The number of nitrogens with one attached hydrogen (secondary N) is 1. The number of benzene rings is 1. The van der Waals surface area contributed by atoms with Crippen molar-refractivity contribution >= 4 is 0 Å². The maximum absolute atomic E-state index is 14.4. The first-order chi connectivity index (χ1) is 11.4. The van der Waals surface area contributed by atoms with Crippen molar-refractivity contribution < 1.29 is 26.7 Å². The van der Waals surface area contributed by atoms with Crippen molar-refractivity contribution in [1.29, 1.82) is 0 Å². The molecule has 1 N–H and O–H groups in total. The largest absolute Gasteiger partial charge is 0.573 e. The van der Waals surface area contributed by atoms with E-state index < -0.39 is 24.0 Å². The van der Waals surface area contributed by atoms with Crippen molar-refractivity contribution in [3.8, 4) is 5.75 Å². The van der Waals surface area contributed by atoms with Crippen LogP contribution in [0, 0.1) is 5.82 Å². The lowest BCUT2D eigenvalue weighted by molar-refractivity contribution is -0.274. The average molecular weight is 344 g/mol. The molecule has 1 aliphatic rings. The number of hydrogen-bond acceptors (Lipinski definition) is 4. The molecule has 0 aliphatic carbocycles. The predicted molar refractivity (Wildman–Crippen MR) is 78.1 cm³/mol. The topological polar surface area (TPSA) is 37.6 Å². The van der Waals surface area contributed by atoms with E-state index in [2.05, 4.69) is 10.1 Å². The van der Waals surface area contributed by atoms with Crippen LogP contribution in [-0.2, 0) is 0 Å². The maximum atomic E-state index is 14.4. The third-order valence-electron chi connectivity index (χ3n) is 3.83. The highest BCUT2D eigenvalue weighted by Gasteiger charge is 2.33. The quantitative estimate of drug-likeness (QED) is 0.864. The number of furan rings is 1. The molecule has 3 rings (SSSR count). The average Bonchev–Trinajstić information content (AvgIpc) is 3.04. The van der Waals surface area contributed by atoms with Crippen LogP contribution in [0.2, 0.25) is 0 Å². The van der Waals surface area contributed by atoms with Gasteiger partial charge in [0.05, 0.1) is 12.3 Å². The summed E-state index contributed by atoms with van der Waals surface area (Å²) in [7, 11) is 0. The van der Waals surface area contributed by atoms with Crippen LogP contribution in [0.15, 0.2) is 41.0 Å². The Morgan fingerprint density at radius 3 is 2.54 bits per heavy atom. The van der Waals surface area contributed by atoms with Gasteiger partial charge in [0.25, 0.3) is 0 Å². The number of hydrogen-bond donors (Lipinski definition) is 1. The van der Waals surface area contributed by atoms with E-state index in [9.17, 15) is 17.6 Å². The van der Waals surface area contributed by atoms with E-state index >= 15 is 0 Å². The van der Waals surface area contributed by atoms with Crippen molar-refractivity contribution in [1.82, 2.24) is 10.2 Å². The zero-order chi connectivity index (χ0) is 17.2. The Morgan fingerprint density at radius 2 is 1.92 bits per heavy atom. The summed E-state index contributed by atoms with van der Waals surface area (Å²) in [6.45, 7) is 2.65. The highest BCUT2D eigenvalue weighted by Crippen LogP contribution is 2.34. The molecule has 0 bridgehead atoms. The minimum Gasteiger partial charge on any atom is -0.467 e. The lowest BCUT2D eigenvalue weighted by Crippen LogP contribution is -2.45. The SMILES string of the molecule is Fc1ccc(OC(F)(F)F)cc1[C@@H](c1ccco1)N1CCNCC1. The van der Waals surface area contributed by atoms with Crippen molar-refractivity contribution in [2.45, 2.75) is 12.4 Å². The lowest BCUT2D eigenvalue weighted by Gasteiger charge is -2.34. The van der Waals surface area contributed by atoms with Gasteiger partial charge < -0.3 is 14.5 Å². The molecule has 8 heteroatoms. The van der Waals surface area contributed by atoms with Crippen molar-refractivity contribution in [2.24, 2.45) is 0 Å². The van der Waals surface area contributed by atoms with Crippen LogP contribution in [0.5, 0.6) is 5.75 Å². The second-order valence-corrected chi connectivity index (χ2v) is 5.44. The third-order valence-corrected chi connectivity index (χ3v) is 3.83. The Hall–Kier alpha value is -2.06. The second-order valence-electron chi connectivity index (χ2n) is 5.44. The molecule has 130 valence electrons. The second kappa shape index (κ2) is 6.82. The van der Waals surface area contributed by atoms with Gasteiger partial charge in [-0.2, -0.15) is 0 Å². The number of rotatable bonds is 4. The van der Waals surface area contributed by atoms with Gasteiger partial charge in [0.2, 0.25) is 0 Å². The number of halogens is 4. The lowest BCUT2D eigenvalue weighted by atomic mass is 10.0. The summed E-state index contributed by atoms with van der Waals surface area (Å²) in [6.07, 6.45) is -3.37. The summed E-state index contributed by atoms with van der Waals surface area (Å²) in [5, 5.41) is 3.18. The summed E-state index contributed by atoms with van der Waals surface area (Å²) < 4.78 is 61.1. The fourth-order valence-corrected chi connectivity index (χ4v) is 2.85. The van der Waals surface area contributed by atoms with Gasteiger partial charge in [-0.1, -0.05) is 0 Å². The zero-order valence-corrected chi connectivity index (χ0v) is 12.6. The molecule has 0 radical (unpaired) electrons. The van der Waals surface area contributed by atoms with Gasteiger partial charge in [-0.3, -0.25) is 4.90 Å². The Labute approximate surface area is 136 Å². The Balaban J connectivity index is 1.99. The molecular formula is C16H16F4N2O2. The molecule has 1 aliphatic heterocycles. The Bertz CT molecular complexity index is 667. The summed E-state index contributed by atoms with van der Waals surface area (Å²) in [4.78, 5) is 1.96. The molecule has 1 aromatic heterocycles. The summed E-state index contributed by atoms with van der Waals surface area (Å²) in [5.41, 5.74) is 0.0913. The molecule has 1 saturated heterocycles. The number of nitrogens with zero attached hydrogens (tertiary/aromatic N) is 1. The summed E-state index contributed by atoms with van der Waals surface area (Å²) in [6, 6.07) is 5.76. The molecule has 0 amide bonds. The monoisotopic (exact) mass is 344 g/mol. The van der Waals surface area contributed by atoms with Crippen molar-refractivity contribution in [3.05, 3.63) is 53.7 Å². The normalized spacial score (nSPS) is 17.7. The highest BCUT2D eigenvalue weighted by atomic mass is 19.4. The number of ether oxygens (including phenoxy) is 1. The third kappa shape index (κ3) is 3.88. The zero-order valence-electron chi connectivity index (χ0n) is 12.6. The van der Waals surface area contributed by atoms with E-state index in [1.807, 2.05) is 4.90 Å². The number of piperazine rings is 1. The van der Waals surface area contributed by atoms with Crippen LogP contribution in [0.4, 0.5) is 17.6 Å². The molecular weight excluding hydrogens is 328 g/mol. The van der Waals surface area contributed by atoms with Crippen LogP contribution >= 0.6 is 0 Å². The molecule has 0 spiro atoms. The predicted octanol–water partition coefficient (Wildman–Crippen LogP) is 3.31. The molecule has 0 saturated carbocycles. The first-order valence-electron chi connectivity index (χ1n) is 7.47. The first kappa shape index (κ1) is 16.8. The number of alkyl halides is 3. The highest BCUT2D eigenvalue weighted by molar-refractivity contribution is 5.35. The minimum absolute atomic E-state index is 0.0913. The molecule has 1 fully saturated rings. The van der Waals surface area contributed by atoms with Crippen LogP contribution in [0.1, 0.15) is 17.4 Å². The van der Waals surface area contributed by atoms with Gasteiger partial charge >= 0.3 is 6.36 Å². The first-order valence-corrected chi connectivity index (χ1v) is 7.47. The van der Waals surface area contributed by atoms with E-state index in [1.165, 1.54) is 6.26 Å². The summed E-state index contributed by atoms with van der Waals surface area (Å²) >= 11 is 0. The van der Waals surface area contributed by atoms with Crippen LogP contribution in [-0.4, -0.2) is 37.4 Å². The van der Waals surface area contributed by atoms with E-state index in [-0.39, 0.29) is 5.56 Å². The van der Waals surface area contributed by atoms with Crippen molar-refractivity contribution in [3.63, 3.8) is 0 Å². The van der Waals surface area contributed by atoms with Gasteiger partial charge in [-0.25, -0.2) is 4.39 Å². The standard InChI is InChI=1S/C16H16F4N2O2/c17-13-4-3-11(24-16(18,19)20)10-12(13)15(14-2-1-9-23-14)22-7-5-21-6-8-22/h1-4,9-10,15,21H,5-8H2/t15-/m0/s1. The van der Waals surface area contributed by atoms with Crippen LogP contribution in [0.3, 0.4) is 0 Å². The molecule has 4 nitrogen and oxygen atoms in total.